The predicted molar refractivity (Wildman–Crippen MR) is 65.0 cm³/mol. The van der Waals surface area contributed by atoms with Crippen LogP contribution in [0.3, 0.4) is 0 Å². The number of rotatable bonds is 2. The molecule has 0 aliphatic carbocycles. The normalized spacial score (nSPS) is 15.1. The lowest BCUT2D eigenvalue weighted by Gasteiger charge is -2.15. The molecular weight excluding hydrogens is 279 g/mol. The zero-order chi connectivity index (χ0) is 13.3. The second-order valence-corrected chi connectivity index (χ2v) is 4.53. The maximum atomic E-state index is 11.8. The molecule has 94 valence electrons. The van der Waals surface area contributed by atoms with Crippen molar-refractivity contribution >= 4 is 40.9 Å². The molecule has 0 aromatic heterocycles. The van der Waals surface area contributed by atoms with Gasteiger partial charge in [-0.05, 0) is 18.2 Å². The summed E-state index contributed by atoms with van der Waals surface area (Å²) in [6, 6.07) is 4.33. The average molecular weight is 287 g/mol. The highest BCUT2D eigenvalue weighted by Crippen LogP contribution is 2.21. The Labute approximate surface area is 113 Å². The second-order valence-electron chi connectivity index (χ2n) is 3.69. The molecule has 1 aromatic carbocycles. The Hall–Kier alpha value is -1.59. The summed E-state index contributed by atoms with van der Waals surface area (Å²) in [5, 5.41) is 1.26. The van der Waals surface area contributed by atoms with Crippen molar-refractivity contribution in [3.05, 3.63) is 33.8 Å². The van der Waals surface area contributed by atoms with E-state index >= 15 is 0 Å². The van der Waals surface area contributed by atoms with E-state index in [1.165, 1.54) is 18.2 Å². The summed E-state index contributed by atoms with van der Waals surface area (Å²) in [7, 11) is 0. The van der Waals surface area contributed by atoms with Crippen LogP contribution in [0.2, 0.25) is 10.0 Å². The lowest BCUT2D eigenvalue weighted by atomic mass is 10.2. The molecule has 1 fully saturated rings. The number of hydrogen-bond acceptors (Lipinski definition) is 3. The molecule has 5 nitrogen and oxygen atoms in total. The van der Waals surface area contributed by atoms with E-state index in [4.69, 9.17) is 23.2 Å². The number of nitrogens with zero attached hydrogens (tertiary/aromatic N) is 1. The highest BCUT2D eigenvalue weighted by molar-refractivity contribution is 6.36. The summed E-state index contributed by atoms with van der Waals surface area (Å²) in [4.78, 5) is 34.5. The zero-order valence-corrected chi connectivity index (χ0v) is 10.6. The molecule has 0 atom stereocenters. The van der Waals surface area contributed by atoms with Crippen LogP contribution in [0.15, 0.2) is 18.2 Å². The largest absolute Gasteiger partial charge is 0.273 e. The van der Waals surface area contributed by atoms with Crippen LogP contribution < -0.4 is 5.43 Å². The lowest BCUT2D eigenvalue weighted by Crippen LogP contribution is -2.45. The average Bonchev–Trinajstić information content (AvgIpc) is 2.60. The molecule has 7 heteroatoms. The van der Waals surface area contributed by atoms with Crippen molar-refractivity contribution in [2.75, 3.05) is 0 Å². The minimum Gasteiger partial charge on any atom is -0.273 e. The first-order valence-electron chi connectivity index (χ1n) is 5.11. The van der Waals surface area contributed by atoms with Crippen molar-refractivity contribution in [1.29, 1.82) is 0 Å². The highest BCUT2D eigenvalue weighted by atomic mass is 35.5. The summed E-state index contributed by atoms with van der Waals surface area (Å²) >= 11 is 11.6. The summed E-state index contributed by atoms with van der Waals surface area (Å²) < 4.78 is 0. The van der Waals surface area contributed by atoms with Gasteiger partial charge in [0.15, 0.2) is 0 Å². The molecule has 0 radical (unpaired) electrons. The summed E-state index contributed by atoms with van der Waals surface area (Å²) in [5.74, 6) is -1.49. The molecule has 0 bridgehead atoms. The SMILES string of the molecule is O=C(NN1C(=O)CCC1=O)c1ccc(Cl)cc1Cl. The number of benzene rings is 1. The van der Waals surface area contributed by atoms with Crippen molar-refractivity contribution < 1.29 is 14.4 Å². The quantitative estimate of drug-likeness (QED) is 0.843. The van der Waals surface area contributed by atoms with Gasteiger partial charge >= 0.3 is 0 Å². The van der Waals surface area contributed by atoms with Gasteiger partial charge in [-0.2, -0.15) is 5.01 Å². The van der Waals surface area contributed by atoms with Crippen molar-refractivity contribution in [2.24, 2.45) is 0 Å². The molecule has 3 amide bonds. The molecule has 1 aromatic rings. The van der Waals surface area contributed by atoms with E-state index in [1.54, 1.807) is 0 Å². The van der Waals surface area contributed by atoms with Crippen LogP contribution in [-0.2, 0) is 9.59 Å². The van der Waals surface area contributed by atoms with Gasteiger partial charge in [0.25, 0.3) is 5.91 Å². The molecule has 1 aliphatic rings. The summed E-state index contributed by atoms with van der Waals surface area (Å²) in [6.07, 6.45) is 0.209. The van der Waals surface area contributed by atoms with E-state index in [0.717, 1.165) is 0 Å². The van der Waals surface area contributed by atoms with Gasteiger partial charge in [-0.1, -0.05) is 23.2 Å². The molecule has 1 heterocycles. The number of amides is 3. The molecule has 2 rings (SSSR count). The Morgan fingerprint density at radius 1 is 1.17 bits per heavy atom. The standard InChI is InChI=1S/C11H8Cl2N2O3/c12-6-1-2-7(8(13)5-6)11(18)14-15-9(16)3-4-10(15)17/h1-2,5H,3-4H2,(H,14,18). The third kappa shape index (κ3) is 2.47. The van der Waals surface area contributed by atoms with Gasteiger partial charge in [0.1, 0.15) is 0 Å². The van der Waals surface area contributed by atoms with Crippen LogP contribution in [0.4, 0.5) is 0 Å². The number of carbonyl (C=O) groups is 3. The lowest BCUT2D eigenvalue weighted by molar-refractivity contribution is -0.141. The van der Waals surface area contributed by atoms with Gasteiger partial charge < -0.3 is 0 Å². The van der Waals surface area contributed by atoms with Crippen molar-refractivity contribution in [1.82, 2.24) is 10.4 Å². The van der Waals surface area contributed by atoms with Crippen LogP contribution in [0.25, 0.3) is 0 Å². The van der Waals surface area contributed by atoms with Gasteiger partial charge in [-0.25, -0.2) is 0 Å². The molecule has 18 heavy (non-hydrogen) atoms. The minimum absolute atomic E-state index is 0.105. The van der Waals surface area contributed by atoms with Crippen LogP contribution in [0.1, 0.15) is 23.2 Å². The topological polar surface area (TPSA) is 66.5 Å². The monoisotopic (exact) mass is 286 g/mol. The number of halogens is 2. The van der Waals surface area contributed by atoms with Gasteiger partial charge in [-0.15, -0.1) is 0 Å². The minimum atomic E-state index is -0.625. The summed E-state index contributed by atoms with van der Waals surface area (Å²) in [5.41, 5.74) is 2.37. The molecule has 1 saturated heterocycles. The van der Waals surface area contributed by atoms with Crippen molar-refractivity contribution in [3.8, 4) is 0 Å². The molecule has 1 aliphatic heterocycles. The van der Waals surface area contributed by atoms with Gasteiger partial charge in [0.2, 0.25) is 11.8 Å². The maximum Gasteiger partial charge on any atom is 0.271 e. The fourth-order valence-electron chi connectivity index (χ4n) is 1.54. The van der Waals surface area contributed by atoms with Gasteiger partial charge in [0, 0.05) is 17.9 Å². The number of carbonyl (C=O) groups excluding carboxylic acids is 3. The van der Waals surface area contributed by atoms with E-state index in [1.807, 2.05) is 0 Å². The Morgan fingerprint density at radius 3 is 2.33 bits per heavy atom. The third-order valence-corrected chi connectivity index (χ3v) is 2.99. The smallest absolute Gasteiger partial charge is 0.271 e. The number of imide groups is 1. The van der Waals surface area contributed by atoms with Crippen LogP contribution in [0, 0.1) is 0 Å². The van der Waals surface area contributed by atoms with Crippen LogP contribution >= 0.6 is 23.2 Å². The highest BCUT2D eigenvalue weighted by Gasteiger charge is 2.31. The molecule has 0 saturated carbocycles. The summed E-state index contributed by atoms with van der Waals surface area (Å²) in [6.45, 7) is 0. The fraction of sp³-hybridized carbons (Fsp3) is 0.182. The second kappa shape index (κ2) is 4.96. The maximum absolute atomic E-state index is 11.8. The Morgan fingerprint density at radius 2 is 1.78 bits per heavy atom. The Bertz CT molecular complexity index is 529. The first-order valence-corrected chi connectivity index (χ1v) is 5.86. The van der Waals surface area contributed by atoms with Crippen molar-refractivity contribution in [2.45, 2.75) is 12.8 Å². The Balaban J connectivity index is 2.17. The van der Waals surface area contributed by atoms with Gasteiger partial charge in [0.05, 0.1) is 10.6 Å². The fourth-order valence-corrected chi connectivity index (χ4v) is 2.03. The van der Waals surface area contributed by atoms with Crippen LogP contribution in [-0.4, -0.2) is 22.7 Å². The first kappa shape index (κ1) is 12.9. The molecular formula is C11H8Cl2N2O3. The Kier molecular flexibility index (Phi) is 3.54. The molecule has 0 spiro atoms. The predicted octanol–water partition coefficient (Wildman–Crippen LogP) is 1.79. The number of hydrogen-bond donors (Lipinski definition) is 1. The van der Waals surface area contributed by atoms with Gasteiger partial charge in [-0.3, -0.25) is 19.8 Å². The van der Waals surface area contributed by atoms with E-state index in [-0.39, 0.29) is 23.4 Å². The molecule has 1 N–H and O–H groups in total. The van der Waals surface area contributed by atoms with Crippen LogP contribution in [0.5, 0.6) is 0 Å². The number of hydrazine groups is 1. The number of nitrogens with one attached hydrogen (secondary N) is 1. The van der Waals surface area contributed by atoms with E-state index < -0.39 is 17.7 Å². The third-order valence-electron chi connectivity index (χ3n) is 2.44. The van der Waals surface area contributed by atoms with Crippen molar-refractivity contribution in [3.63, 3.8) is 0 Å². The zero-order valence-electron chi connectivity index (χ0n) is 9.07. The first-order chi connectivity index (χ1) is 8.49. The van der Waals surface area contributed by atoms with E-state index in [2.05, 4.69) is 5.43 Å². The van der Waals surface area contributed by atoms with E-state index in [0.29, 0.717) is 10.0 Å². The van der Waals surface area contributed by atoms with E-state index in [9.17, 15) is 14.4 Å². The molecule has 0 unspecified atom stereocenters.